The summed E-state index contributed by atoms with van der Waals surface area (Å²) in [6.45, 7) is 0.502. The summed E-state index contributed by atoms with van der Waals surface area (Å²) in [5.74, 6) is -2.25. The molecule has 0 N–H and O–H groups in total. The SMILES string of the molecule is CN(Cc1cnn(-c2ccccc2)c1)C(=O)C1CCN(S(=O)(=O)c2cc(F)ccc2F)CC1. The summed E-state index contributed by atoms with van der Waals surface area (Å²) < 4.78 is 55.8. The lowest BCUT2D eigenvalue weighted by Gasteiger charge is -2.32. The third-order valence-corrected chi connectivity index (χ3v) is 7.68. The fraction of sp³-hybridized carbons (Fsp3) is 0.304. The average molecular weight is 475 g/mol. The van der Waals surface area contributed by atoms with Crippen LogP contribution in [0.25, 0.3) is 5.69 Å². The highest BCUT2D eigenvalue weighted by molar-refractivity contribution is 7.89. The summed E-state index contributed by atoms with van der Waals surface area (Å²) in [5.41, 5.74) is 1.79. The minimum Gasteiger partial charge on any atom is -0.341 e. The third-order valence-electron chi connectivity index (χ3n) is 5.77. The molecule has 1 aliphatic heterocycles. The lowest BCUT2D eigenvalue weighted by molar-refractivity contribution is -0.135. The molecule has 1 aliphatic rings. The number of aromatic nitrogens is 2. The molecule has 2 heterocycles. The quantitative estimate of drug-likeness (QED) is 0.550. The summed E-state index contributed by atoms with van der Waals surface area (Å²) in [6.07, 6.45) is 4.19. The molecule has 0 saturated carbocycles. The molecule has 7 nitrogen and oxygen atoms in total. The molecule has 3 aromatic rings. The monoisotopic (exact) mass is 474 g/mol. The first-order chi connectivity index (χ1) is 15.8. The van der Waals surface area contributed by atoms with Crippen molar-refractivity contribution in [1.82, 2.24) is 19.0 Å². The van der Waals surface area contributed by atoms with Crippen LogP contribution in [0, 0.1) is 17.6 Å². The maximum atomic E-state index is 14.0. The van der Waals surface area contributed by atoms with E-state index in [1.807, 2.05) is 36.5 Å². The van der Waals surface area contributed by atoms with E-state index in [1.165, 1.54) is 0 Å². The zero-order valence-corrected chi connectivity index (χ0v) is 18.9. The van der Waals surface area contributed by atoms with Gasteiger partial charge in [-0.1, -0.05) is 18.2 Å². The van der Waals surface area contributed by atoms with Crippen LogP contribution in [-0.4, -0.2) is 53.4 Å². The predicted molar refractivity (Wildman–Crippen MR) is 118 cm³/mol. The number of carbonyl (C=O) groups is 1. The first-order valence-corrected chi connectivity index (χ1v) is 12.0. The van der Waals surface area contributed by atoms with Crippen LogP contribution in [0.5, 0.6) is 0 Å². The first-order valence-electron chi connectivity index (χ1n) is 10.5. The Balaban J connectivity index is 1.36. The predicted octanol–water partition coefficient (Wildman–Crippen LogP) is 3.21. The Morgan fingerprint density at radius 1 is 1.12 bits per heavy atom. The number of rotatable bonds is 6. The molecular weight excluding hydrogens is 450 g/mol. The van der Waals surface area contributed by atoms with E-state index in [9.17, 15) is 22.0 Å². The van der Waals surface area contributed by atoms with Crippen molar-refractivity contribution in [2.24, 2.45) is 5.92 Å². The van der Waals surface area contributed by atoms with Gasteiger partial charge in [0.1, 0.15) is 16.5 Å². The van der Waals surface area contributed by atoms with Gasteiger partial charge in [0.05, 0.1) is 11.9 Å². The maximum absolute atomic E-state index is 14.0. The largest absolute Gasteiger partial charge is 0.341 e. The molecule has 0 unspecified atom stereocenters. The van der Waals surface area contributed by atoms with Gasteiger partial charge in [0.25, 0.3) is 0 Å². The van der Waals surface area contributed by atoms with Gasteiger partial charge < -0.3 is 4.90 Å². The number of hydrogen-bond acceptors (Lipinski definition) is 4. The number of para-hydroxylation sites is 1. The summed E-state index contributed by atoms with van der Waals surface area (Å²) in [4.78, 5) is 13.8. The topological polar surface area (TPSA) is 75.5 Å². The molecule has 2 aromatic carbocycles. The van der Waals surface area contributed by atoms with E-state index in [4.69, 9.17) is 0 Å². The van der Waals surface area contributed by atoms with Crippen molar-refractivity contribution >= 4 is 15.9 Å². The number of benzene rings is 2. The molecule has 10 heteroatoms. The zero-order chi connectivity index (χ0) is 23.6. The van der Waals surface area contributed by atoms with E-state index in [-0.39, 0.29) is 24.9 Å². The molecule has 0 bridgehead atoms. The van der Waals surface area contributed by atoms with E-state index < -0.39 is 26.6 Å². The van der Waals surface area contributed by atoms with Gasteiger partial charge in [-0.3, -0.25) is 4.79 Å². The van der Waals surface area contributed by atoms with Crippen LogP contribution in [0.15, 0.2) is 65.8 Å². The minimum absolute atomic E-state index is 0.0640. The number of nitrogens with zero attached hydrogens (tertiary/aromatic N) is 4. The van der Waals surface area contributed by atoms with E-state index in [2.05, 4.69) is 5.10 Å². The molecule has 0 aliphatic carbocycles. The second kappa shape index (κ2) is 9.40. The molecule has 0 radical (unpaired) electrons. The van der Waals surface area contributed by atoms with Crippen LogP contribution < -0.4 is 0 Å². The molecule has 174 valence electrons. The molecule has 1 amide bonds. The van der Waals surface area contributed by atoms with Crippen molar-refractivity contribution < 1.29 is 22.0 Å². The molecule has 0 spiro atoms. The van der Waals surface area contributed by atoms with Crippen LogP contribution in [-0.2, 0) is 21.4 Å². The highest BCUT2D eigenvalue weighted by atomic mass is 32.2. The van der Waals surface area contributed by atoms with Crippen LogP contribution in [0.2, 0.25) is 0 Å². The molecule has 1 fully saturated rings. The lowest BCUT2D eigenvalue weighted by atomic mass is 9.96. The zero-order valence-electron chi connectivity index (χ0n) is 18.1. The molecule has 1 saturated heterocycles. The average Bonchev–Trinajstić information content (AvgIpc) is 3.29. The Labute approximate surface area is 191 Å². The molecule has 4 rings (SSSR count). The molecule has 0 atom stereocenters. The van der Waals surface area contributed by atoms with Crippen molar-refractivity contribution in [3.05, 3.63) is 78.1 Å². The molecular formula is C23H24F2N4O3S. The van der Waals surface area contributed by atoms with E-state index >= 15 is 0 Å². The first kappa shape index (κ1) is 23.1. The van der Waals surface area contributed by atoms with Gasteiger partial charge in [0.15, 0.2) is 0 Å². The van der Waals surface area contributed by atoms with Gasteiger partial charge in [-0.25, -0.2) is 21.9 Å². The highest BCUT2D eigenvalue weighted by Crippen LogP contribution is 2.27. The second-order valence-corrected chi connectivity index (χ2v) is 9.98. The van der Waals surface area contributed by atoms with Gasteiger partial charge >= 0.3 is 0 Å². The second-order valence-electron chi connectivity index (χ2n) is 8.08. The van der Waals surface area contributed by atoms with E-state index in [0.717, 1.165) is 27.7 Å². The number of halogens is 2. The number of carbonyl (C=O) groups excluding carboxylic acids is 1. The van der Waals surface area contributed by atoms with Crippen molar-refractivity contribution in [3.8, 4) is 5.69 Å². The number of amides is 1. The van der Waals surface area contributed by atoms with Crippen LogP contribution >= 0.6 is 0 Å². The molecule has 1 aromatic heterocycles. The van der Waals surface area contributed by atoms with E-state index in [0.29, 0.717) is 25.5 Å². The van der Waals surface area contributed by atoms with Gasteiger partial charge in [-0.2, -0.15) is 9.40 Å². The number of hydrogen-bond donors (Lipinski definition) is 0. The maximum Gasteiger partial charge on any atom is 0.246 e. The summed E-state index contributed by atoms with van der Waals surface area (Å²) in [7, 11) is -2.47. The number of piperidine rings is 1. The summed E-state index contributed by atoms with van der Waals surface area (Å²) in [5, 5.41) is 4.34. The normalized spacial score (nSPS) is 15.5. The van der Waals surface area contributed by atoms with Crippen molar-refractivity contribution in [2.75, 3.05) is 20.1 Å². The van der Waals surface area contributed by atoms with Gasteiger partial charge in [0, 0.05) is 44.4 Å². The fourth-order valence-electron chi connectivity index (χ4n) is 3.98. The Morgan fingerprint density at radius 3 is 2.52 bits per heavy atom. The van der Waals surface area contributed by atoms with Gasteiger partial charge in [-0.05, 0) is 43.2 Å². The Morgan fingerprint density at radius 2 is 1.82 bits per heavy atom. The van der Waals surface area contributed by atoms with Gasteiger partial charge in [-0.15, -0.1) is 0 Å². The summed E-state index contributed by atoms with van der Waals surface area (Å²) >= 11 is 0. The van der Waals surface area contributed by atoms with Crippen molar-refractivity contribution in [3.63, 3.8) is 0 Å². The van der Waals surface area contributed by atoms with Gasteiger partial charge in [0.2, 0.25) is 15.9 Å². The Bertz CT molecular complexity index is 1240. The lowest BCUT2D eigenvalue weighted by Crippen LogP contribution is -2.43. The summed E-state index contributed by atoms with van der Waals surface area (Å²) in [6, 6.07) is 12.0. The van der Waals surface area contributed by atoms with Crippen LogP contribution in [0.4, 0.5) is 8.78 Å². The third kappa shape index (κ3) is 4.96. The minimum atomic E-state index is -4.17. The van der Waals surface area contributed by atoms with Crippen LogP contribution in [0.1, 0.15) is 18.4 Å². The fourth-order valence-corrected chi connectivity index (χ4v) is 5.53. The van der Waals surface area contributed by atoms with E-state index in [1.54, 1.807) is 22.8 Å². The van der Waals surface area contributed by atoms with Crippen LogP contribution in [0.3, 0.4) is 0 Å². The highest BCUT2D eigenvalue weighted by Gasteiger charge is 2.34. The standard InChI is InChI=1S/C23H24F2N4O3S/c1-27(15-17-14-26-29(16-17)20-5-3-2-4-6-20)23(30)18-9-11-28(12-10-18)33(31,32)22-13-19(24)7-8-21(22)25/h2-8,13-14,16,18H,9-12,15H2,1H3. The molecule has 33 heavy (non-hydrogen) atoms. The number of sulfonamides is 1. The Kier molecular flexibility index (Phi) is 6.57. The van der Waals surface area contributed by atoms with Crippen molar-refractivity contribution in [2.45, 2.75) is 24.3 Å². The smallest absolute Gasteiger partial charge is 0.246 e. The van der Waals surface area contributed by atoms with Crippen molar-refractivity contribution in [1.29, 1.82) is 0 Å². The Hall–Kier alpha value is -3.11.